The van der Waals surface area contributed by atoms with E-state index in [1.165, 1.54) is 24.3 Å². The van der Waals surface area contributed by atoms with Gasteiger partial charge in [0.2, 0.25) is 10.0 Å². The molecule has 8 nitrogen and oxygen atoms in total. The second-order valence-corrected chi connectivity index (χ2v) is 7.84. The topological polar surface area (TPSA) is 125 Å². The Balaban J connectivity index is 1.89. The average Bonchev–Trinajstić information content (AvgIpc) is 2.48. The molecule has 1 heterocycles. The van der Waals surface area contributed by atoms with Gasteiger partial charge in [-0.2, -0.15) is 0 Å². The molecule has 1 aliphatic heterocycles. The number of hydrogen-bond acceptors (Lipinski definition) is 6. The highest BCUT2D eigenvalue weighted by Crippen LogP contribution is 2.34. The van der Waals surface area contributed by atoms with Crippen LogP contribution in [-0.2, 0) is 14.8 Å². The lowest BCUT2D eigenvalue weighted by atomic mass is 9.74. The molecular weight excluding hydrogens is 322 g/mol. The highest BCUT2D eigenvalue weighted by atomic mass is 32.2. The third-order valence-corrected chi connectivity index (χ3v) is 6.04. The normalized spacial score (nSPS) is 30.8. The quantitative estimate of drug-likeness (QED) is 0.611. The standard InChI is InChI=1S/C14H19N3O5S/c15-11-5-9-7-22-8-10(6-11)14(9)16-23(20,21)13-4-2-1-3-12(13)17(18)19/h1-4,9-11,14,16H,5-8,15H2. The first kappa shape index (κ1) is 16.3. The van der Waals surface area contributed by atoms with Gasteiger partial charge in [-0.3, -0.25) is 10.1 Å². The molecule has 2 unspecified atom stereocenters. The molecule has 0 spiro atoms. The van der Waals surface area contributed by atoms with Crippen molar-refractivity contribution in [2.24, 2.45) is 17.6 Å². The minimum Gasteiger partial charge on any atom is -0.381 e. The van der Waals surface area contributed by atoms with Gasteiger partial charge in [0, 0.05) is 30.0 Å². The lowest BCUT2D eigenvalue weighted by Gasteiger charge is -2.44. The van der Waals surface area contributed by atoms with Crippen molar-refractivity contribution in [2.75, 3.05) is 13.2 Å². The highest BCUT2D eigenvalue weighted by Gasteiger charge is 2.42. The molecule has 9 heteroatoms. The lowest BCUT2D eigenvalue weighted by Crippen LogP contribution is -2.57. The maximum atomic E-state index is 12.7. The maximum Gasteiger partial charge on any atom is 0.289 e. The van der Waals surface area contributed by atoms with Gasteiger partial charge in [0.15, 0.2) is 4.90 Å². The van der Waals surface area contributed by atoms with Crippen LogP contribution in [0.1, 0.15) is 12.8 Å². The van der Waals surface area contributed by atoms with Crippen molar-refractivity contribution in [1.82, 2.24) is 4.72 Å². The summed E-state index contributed by atoms with van der Waals surface area (Å²) in [5, 5.41) is 11.1. The molecule has 1 saturated heterocycles. The number of nitrogens with one attached hydrogen (secondary N) is 1. The van der Waals surface area contributed by atoms with Gasteiger partial charge in [0.25, 0.3) is 5.69 Å². The molecular formula is C14H19N3O5S. The number of fused-ring (bicyclic) bond motifs is 2. The molecule has 126 valence electrons. The van der Waals surface area contributed by atoms with Crippen LogP contribution in [0, 0.1) is 22.0 Å². The fraction of sp³-hybridized carbons (Fsp3) is 0.571. The van der Waals surface area contributed by atoms with Crippen molar-refractivity contribution in [1.29, 1.82) is 0 Å². The predicted octanol–water partition coefficient (Wildman–Crippen LogP) is 0.625. The Morgan fingerprint density at radius 1 is 1.22 bits per heavy atom. The minimum atomic E-state index is -3.98. The van der Waals surface area contributed by atoms with E-state index in [1.807, 2.05) is 0 Å². The van der Waals surface area contributed by atoms with Crippen molar-refractivity contribution < 1.29 is 18.1 Å². The van der Waals surface area contributed by atoms with Crippen LogP contribution in [0.4, 0.5) is 5.69 Å². The SMILES string of the molecule is NC1CC2COCC(C1)C2NS(=O)(=O)c1ccccc1[N+](=O)[O-]. The van der Waals surface area contributed by atoms with Gasteiger partial charge < -0.3 is 10.5 Å². The van der Waals surface area contributed by atoms with Crippen molar-refractivity contribution >= 4 is 15.7 Å². The van der Waals surface area contributed by atoms with E-state index in [-0.39, 0.29) is 28.8 Å². The zero-order chi connectivity index (χ0) is 16.6. The summed E-state index contributed by atoms with van der Waals surface area (Å²) in [6.45, 7) is 0.905. The third kappa shape index (κ3) is 3.23. The molecule has 1 aromatic carbocycles. The molecule has 1 aromatic rings. The number of rotatable bonds is 4. The van der Waals surface area contributed by atoms with E-state index >= 15 is 0 Å². The van der Waals surface area contributed by atoms with Crippen LogP contribution in [0.5, 0.6) is 0 Å². The van der Waals surface area contributed by atoms with Gasteiger partial charge in [0.05, 0.1) is 18.1 Å². The monoisotopic (exact) mass is 341 g/mol. The van der Waals surface area contributed by atoms with Crippen LogP contribution in [0.3, 0.4) is 0 Å². The summed E-state index contributed by atoms with van der Waals surface area (Å²) in [5.41, 5.74) is 5.58. The Morgan fingerprint density at radius 2 is 1.83 bits per heavy atom. The van der Waals surface area contributed by atoms with Crippen LogP contribution >= 0.6 is 0 Å². The van der Waals surface area contributed by atoms with Crippen LogP contribution in [0.25, 0.3) is 0 Å². The van der Waals surface area contributed by atoms with Crippen molar-refractivity contribution in [3.05, 3.63) is 34.4 Å². The fourth-order valence-electron chi connectivity index (χ4n) is 3.54. The van der Waals surface area contributed by atoms with E-state index in [9.17, 15) is 18.5 Å². The molecule has 2 aliphatic rings. The van der Waals surface area contributed by atoms with Crippen molar-refractivity contribution in [3.8, 4) is 0 Å². The molecule has 2 fully saturated rings. The number of ether oxygens (including phenoxy) is 1. The number of nitro benzene ring substituents is 1. The Bertz CT molecular complexity index is 694. The smallest absolute Gasteiger partial charge is 0.289 e. The van der Waals surface area contributed by atoms with Gasteiger partial charge in [-0.25, -0.2) is 13.1 Å². The summed E-state index contributed by atoms with van der Waals surface area (Å²) < 4.78 is 33.5. The number of para-hydroxylation sites is 1. The zero-order valence-electron chi connectivity index (χ0n) is 12.4. The number of nitrogens with two attached hydrogens (primary N) is 1. The number of hydrogen-bond donors (Lipinski definition) is 2. The number of benzene rings is 1. The van der Waals surface area contributed by atoms with E-state index in [1.54, 1.807) is 0 Å². The summed E-state index contributed by atoms with van der Waals surface area (Å²) in [6, 6.07) is 5.10. The van der Waals surface area contributed by atoms with Crippen LogP contribution in [0.15, 0.2) is 29.2 Å². The minimum absolute atomic E-state index is 0.00459. The molecule has 2 bridgehead atoms. The summed E-state index contributed by atoms with van der Waals surface area (Å²) in [7, 11) is -3.98. The Hall–Kier alpha value is -1.55. The molecule has 1 aliphatic carbocycles. The van der Waals surface area contributed by atoms with Gasteiger partial charge in [-0.1, -0.05) is 12.1 Å². The number of sulfonamides is 1. The van der Waals surface area contributed by atoms with Gasteiger partial charge in [-0.05, 0) is 18.9 Å². The first-order valence-electron chi connectivity index (χ1n) is 7.47. The van der Waals surface area contributed by atoms with E-state index in [2.05, 4.69) is 4.72 Å². The predicted molar refractivity (Wildman–Crippen MR) is 82.2 cm³/mol. The second-order valence-electron chi connectivity index (χ2n) is 6.16. The number of nitro groups is 1. The highest BCUT2D eigenvalue weighted by molar-refractivity contribution is 7.89. The van der Waals surface area contributed by atoms with E-state index in [0.717, 1.165) is 0 Å². The van der Waals surface area contributed by atoms with E-state index in [4.69, 9.17) is 10.5 Å². The zero-order valence-corrected chi connectivity index (χ0v) is 13.2. The molecule has 0 radical (unpaired) electrons. The molecule has 3 rings (SSSR count). The second kappa shape index (κ2) is 6.16. The summed E-state index contributed by atoms with van der Waals surface area (Å²) >= 11 is 0. The lowest BCUT2D eigenvalue weighted by molar-refractivity contribution is -0.387. The summed E-state index contributed by atoms with van der Waals surface area (Å²) in [6.07, 6.45) is 1.36. The van der Waals surface area contributed by atoms with Gasteiger partial charge in [-0.15, -0.1) is 0 Å². The summed E-state index contributed by atoms with van der Waals surface area (Å²) in [5.74, 6) is -0.00918. The first-order valence-corrected chi connectivity index (χ1v) is 8.96. The van der Waals surface area contributed by atoms with Gasteiger partial charge in [0.1, 0.15) is 0 Å². The van der Waals surface area contributed by atoms with Crippen LogP contribution in [0.2, 0.25) is 0 Å². The molecule has 3 N–H and O–H groups in total. The Kier molecular flexibility index (Phi) is 4.37. The van der Waals surface area contributed by atoms with Crippen LogP contribution in [-0.4, -0.2) is 38.6 Å². The Labute approximate surface area is 134 Å². The van der Waals surface area contributed by atoms with E-state index < -0.39 is 20.6 Å². The van der Waals surface area contributed by atoms with Gasteiger partial charge >= 0.3 is 0 Å². The fourth-order valence-corrected chi connectivity index (χ4v) is 5.08. The van der Waals surface area contributed by atoms with Crippen LogP contribution < -0.4 is 10.5 Å². The molecule has 0 amide bonds. The number of nitrogens with zero attached hydrogens (tertiary/aromatic N) is 1. The maximum absolute atomic E-state index is 12.7. The molecule has 0 aromatic heterocycles. The Morgan fingerprint density at radius 3 is 2.43 bits per heavy atom. The first-order chi connectivity index (χ1) is 10.9. The van der Waals surface area contributed by atoms with Crippen molar-refractivity contribution in [3.63, 3.8) is 0 Å². The summed E-state index contributed by atoms with van der Waals surface area (Å²) in [4.78, 5) is 10.1. The molecule has 23 heavy (non-hydrogen) atoms. The van der Waals surface area contributed by atoms with E-state index in [0.29, 0.717) is 26.1 Å². The molecule has 2 atom stereocenters. The third-order valence-electron chi connectivity index (χ3n) is 4.53. The average molecular weight is 341 g/mol. The largest absolute Gasteiger partial charge is 0.381 e. The van der Waals surface area contributed by atoms with Crippen molar-refractivity contribution in [2.45, 2.75) is 29.8 Å². The molecule has 1 saturated carbocycles.